The highest BCUT2D eigenvalue weighted by atomic mass is 19.1. The molecule has 0 unspecified atom stereocenters. The molecule has 0 saturated heterocycles. The van der Waals surface area contributed by atoms with E-state index in [0.717, 1.165) is 37.0 Å². The predicted octanol–water partition coefficient (Wildman–Crippen LogP) is 2.95. The number of aromatic hydroxyl groups is 1. The Labute approximate surface area is 132 Å². The lowest BCUT2D eigenvalue weighted by Crippen LogP contribution is -2.26. The maximum atomic E-state index is 13.2. The van der Waals surface area contributed by atoms with Crippen LogP contribution in [0.15, 0.2) is 27.4 Å². The number of fused-ring (bicyclic) bond motifs is 1. The molecule has 0 radical (unpaired) electrons. The normalized spacial score (nSPS) is 14.7. The maximum absolute atomic E-state index is 13.2. The van der Waals surface area contributed by atoms with Crippen molar-refractivity contribution in [1.82, 2.24) is 5.32 Å². The number of hydrogen-bond acceptors (Lipinski definition) is 4. The summed E-state index contributed by atoms with van der Waals surface area (Å²) in [7, 11) is 0. The molecule has 0 aliphatic heterocycles. The Bertz CT molecular complexity index is 795. The van der Waals surface area contributed by atoms with Crippen LogP contribution in [-0.2, 0) is 0 Å². The maximum Gasteiger partial charge on any atom is 0.287 e. The van der Waals surface area contributed by atoms with Crippen LogP contribution in [0.1, 0.15) is 42.7 Å². The van der Waals surface area contributed by atoms with Crippen LogP contribution in [0.5, 0.6) is 5.75 Å². The first kappa shape index (κ1) is 15.5. The molecule has 0 bridgehead atoms. The quantitative estimate of drug-likeness (QED) is 0.830. The molecule has 1 heterocycles. The first-order valence-electron chi connectivity index (χ1n) is 7.79. The van der Waals surface area contributed by atoms with Gasteiger partial charge in [-0.1, -0.05) is 19.3 Å². The highest BCUT2D eigenvalue weighted by Crippen LogP contribution is 2.30. The van der Waals surface area contributed by atoms with Crippen molar-refractivity contribution in [3.8, 4) is 5.75 Å². The summed E-state index contributed by atoms with van der Waals surface area (Å²) in [5, 5.41) is 12.3. The standard InChI is InChI=1S/C17H18FNO4/c18-11-7-12-13(20)9-15(23-16(12)14(21)8-11)17(22)19-6-2-5-10-3-1-4-10/h7-10,21H,1-6H2,(H,19,22). The Balaban J connectivity index is 1.71. The minimum absolute atomic E-state index is 0.0935. The van der Waals surface area contributed by atoms with Crippen LogP contribution in [-0.4, -0.2) is 17.6 Å². The molecule has 1 aliphatic rings. The number of carbonyl (C=O) groups excluding carboxylic acids is 1. The third kappa shape index (κ3) is 3.36. The van der Waals surface area contributed by atoms with Gasteiger partial charge in [-0.15, -0.1) is 0 Å². The van der Waals surface area contributed by atoms with Crippen molar-refractivity contribution in [3.05, 3.63) is 40.0 Å². The Kier molecular flexibility index (Phi) is 4.32. The molecule has 5 nitrogen and oxygen atoms in total. The summed E-state index contributed by atoms with van der Waals surface area (Å²) in [5.41, 5.74) is -0.751. The van der Waals surface area contributed by atoms with Crippen LogP contribution in [0, 0.1) is 11.7 Å². The monoisotopic (exact) mass is 319 g/mol. The van der Waals surface area contributed by atoms with Crippen LogP contribution in [0.2, 0.25) is 0 Å². The van der Waals surface area contributed by atoms with Gasteiger partial charge in [0.25, 0.3) is 5.91 Å². The van der Waals surface area contributed by atoms with E-state index in [1.807, 2.05) is 0 Å². The molecule has 3 rings (SSSR count). The Morgan fingerprint density at radius 2 is 2.13 bits per heavy atom. The van der Waals surface area contributed by atoms with Crippen LogP contribution in [0.3, 0.4) is 0 Å². The topological polar surface area (TPSA) is 79.5 Å². The van der Waals surface area contributed by atoms with Gasteiger partial charge in [-0.3, -0.25) is 9.59 Å². The number of rotatable bonds is 5. The number of hydrogen-bond donors (Lipinski definition) is 2. The van der Waals surface area contributed by atoms with E-state index in [1.165, 1.54) is 19.3 Å². The highest BCUT2D eigenvalue weighted by molar-refractivity contribution is 5.93. The molecule has 0 atom stereocenters. The molecule has 1 fully saturated rings. The lowest BCUT2D eigenvalue weighted by Gasteiger charge is -2.24. The van der Waals surface area contributed by atoms with Crippen LogP contribution >= 0.6 is 0 Å². The minimum atomic E-state index is -0.740. The second-order valence-corrected chi connectivity index (χ2v) is 5.97. The number of phenolic OH excluding ortho intramolecular Hbond substituents is 1. The average Bonchev–Trinajstić information content (AvgIpc) is 2.45. The van der Waals surface area contributed by atoms with E-state index in [0.29, 0.717) is 6.54 Å². The van der Waals surface area contributed by atoms with Gasteiger partial charge in [-0.05, 0) is 24.8 Å². The zero-order valence-electron chi connectivity index (χ0n) is 12.6. The van der Waals surface area contributed by atoms with Crippen LogP contribution in [0.4, 0.5) is 4.39 Å². The van der Waals surface area contributed by atoms with Gasteiger partial charge >= 0.3 is 0 Å². The zero-order chi connectivity index (χ0) is 16.4. The van der Waals surface area contributed by atoms with Crippen molar-refractivity contribution in [1.29, 1.82) is 0 Å². The molecule has 23 heavy (non-hydrogen) atoms. The number of carbonyl (C=O) groups is 1. The predicted molar refractivity (Wildman–Crippen MR) is 83.0 cm³/mol. The molecule has 1 aromatic heterocycles. The summed E-state index contributed by atoms with van der Waals surface area (Å²) in [6, 6.07) is 2.83. The number of halogens is 1. The first-order chi connectivity index (χ1) is 11.0. The van der Waals surface area contributed by atoms with Gasteiger partial charge in [0.2, 0.25) is 0 Å². The van der Waals surface area contributed by atoms with Gasteiger partial charge in [-0.25, -0.2) is 4.39 Å². The lowest BCUT2D eigenvalue weighted by atomic mass is 9.82. The van der Waals surface area contributed by atoms with Crippen molar-refractivity contribution in [3.63, 3.8) is 0 Å². The van der Waals surface area contributed by atoms with Gasteiger partial charge in [-0.2, -0.15) is 0 Å². The summed E-state index contributed by atoms with van der Waals surface area (Å²) < 4.78 is 18.5. The Hall–Kier alpha value is -2.37. The van der Waals surface area contributed by atoms with Crippen molar-refractivity contribution in [2.75, 3.05) is 6.54 Å². The van der Waals surface area contributed by atoms with E-state index >= 15 is 0 Å². The van der Waals surface area contributed by atoms with E-state index in [4.69, 9.17) is 4.42 Å². The molecular weight excluding hydrogens is 301 g/mol. The molecule has 6 heteroatoms. The van der Waals surface area contributed by atoms with Crippen molar-refractivity contribution < 1.29 is 18.7 Å². The summed E-state index contributed by atoms with van der Waals surface area (Å²) in [4.78, 5) is 24.0. The number of phenols is 1. The van der Waals surface area contributed by atoms with Crippen molar-refractivity contribution in [2.45, 2.75) is 32.1 Å². The highest BCUT2D eigenvalue weighted by Gasteiger charge is 2.18. The van der Waals surface area contributed by atoms with E-state index in [2.05, 4.69) is 5.32 Å². The Morgan fingerprint density at radius 1 is 1.35 bits per heavy atom. The van der Waals surface area contributed by atoms with Gasteiger partial charge in [0.1, 0.15) is 5.82 Å². The van der Waals surface area contributed by atoms with Gasteiger partial charge in [0.05, 0.1) is 5.39 Å². The van der Waals surface area contributed by atoms with E-state index in [-0.39, 0.29) is 16.7 Å². The smallest absolute Gasteiger partial charge is 0.287 e. The summed E-state index contributed by atoms with van der Waals surface area (Å²) in [6.45, 7) is 0.506. The molecular formula is C17H18FNO4. The number of amides is 1. The molecule has 2 aromatic rings. The van der Waals surface area contributed by atoms with E-state index < -0.39 is 22.9 Å². The van der Waals surface area contributed by atoms with Gasteiger partial charge in [0.15, 0.2) is 22.5 Å². The second-order valence-electron chi connectivity index (χ2n) is 5.97. The third-order valence-corrected chi connectivity index (χ3v) is 4.30. The van der Waals surface area contributed by atoms with Crippen LogP contribution in [0.25, 0.3) is 11.0 Å². The second kappa shape index (κ2) is 6.40. The minimum Gasteiger partial charge on any atom is -0.504 e. The fraction of sp³-hybridized carbons (Fsp3) is 0.412. The molecule has 2 N–H and O–H groups in total. The number of benzene rings is 1. The summed E-state index contributed by atoms with van der Waals surface area (Å²) in [5.74, 6) is -1.17. The summed E-state index contributed by atoms with van der Waals surface area (Å²) in [6.07, 6.45) is 5.79. The lowest BCUT2D eigenvalue weighted by molar-refractivity contribution is 0.0924. The van der Waals surface area contributed by atoms with Crippen molar-refractivity contribution in [2.24, 2.45) is 5.92 Å². The van der Waals surface area contributed by atoms with Crippen LogP contribution < -0.4 is 10.7 Å². The van der Waals surface area contributed by atoms with Gasteiger partial charge < -0.3 is 14.8 Å². The Morgan fingerprint density at radius 3 is 2.83 bits per heavy atom. The van der Waals surface area contributed by atoms with E-state index in [1.54, 1.807) is 0 Å². The molecule has 1 aromatic carbocycles. The largest absolute Gasteiger partial charge is 0.504 e. The average molecular weight is 319 g/mol. The number of nitrogens with one attached hydrogen (secondary N) is 1. The van der Waals surface area contributed by atoms with Crippen molar-refractivity contribution >= 4 is 16.9 Å². The first-order valence-corrected chi connectivity index (χ1v) is 7.79. The molecule has 1 amide bonds. The SMILES string of the molecule is O=C(NCCCC1CCC1)c1cc(=O)c2cc(F)cc(O)c2o1. The fourth-order valence-electron chi connectivity index (χ4n) is 2.78. The molecule has 1 aliphatic carbocycles. The molecule has 1 saturated carbocycles. The molecule has 122 valence electrons. The van der Waals surface area contributed by atoms with Gasteiger partial charge in [0, 0.05) is 18.7 Å². The fourth-order valence-corrected chi connectivity index (χ4v) is 2.78. The summed E-state index contributed by atoms with van der Waals surface area (Å²) >= 11 is 0. The van der Waals surface area contributed by atoms with E-state index in [9.17, 15) is 19.1 Å². The molecule has 0 spiro atoms. The zero-order valence-corrected chi connectivity index (χ0v) is 12.6. The third-order valence-electron chi connectivity index (χ3n) is 4.30.